The van der Waals surface area contributed by atoms with E-state index in [-0.39, 0.29) is 11.8 Å². The fraction of sp³-hybridized carbons (Fsp3) is 0.467. The molecule has 2 aliphatic rings. The molecule has 2 heterocycles. The second-order valence-corrected chi connectivity index (χ2v) is 7.61. The number of anilines is 1. The molecule has 2 aliphatic heterocycles. The first-order valence-electron chi connectivity index (χ1n) is 6.90. The quantitative estimate of drug-likeness (QED) is 0.896. The smallest absolute Gasteiger partial charge is 0.267 e. The number of amides is 2. The average Bonchev–Trinajstić information content (AvgIpc) is 2.90. The van der Waals surface area contributed by atoms with Gasteiger partial charge in [0.1, 0.15) is 0 Å². The highest BCUT2D eigenvalue weighted by Crippen LogP contribution is 2.51. The van der Waals surface area contributed by atoms with Crippen molar-refractivity contribution >= 4 is 41.0 Å². The Morgan fingerprint density at radius 3 is 2.45 bits per heavy atom. The van der Waals surface area contributed by atoms with Gasteiger partial charge in [-0.2, -0.15) is 0 Å². The zero-order valence-electron chi connectivity index (χ0n) is 12.7. The number of fused-ring (bicyclic) bond motifs is 3. The Balaban J connectivity index is 2.23. The van der Waals surface area contributed by atoms with Gasteiger partial charge in [-0.3, -0.25) is 14.5 Å². The predicted molar refractivity (Wildman–Crippen MR) is 90.0 cm³/mol. The normalized spacial score (nSPS) is 30.5. The number of carbonyl (C=O) groups is 2. The first-order chi connectivity index (χ1) is 10.5. The third-order valence-electron chi connectivity index (χ3n) is 4.63. The number of aliphatic hydroxyl groups excluding tert-OH is 1. The molecule has 22 heavy (non-hydrogen) atoms. The van der Waals surface area contributed by atoms with E-state index in [1.54, 1.807) is 18.2 Å². The van der Waals surface area contributed by atoms with Crippen molar-refractivity contribution in [1.82, 2.24) is 4.90 Å². The molecule has 2 atom stereocenters. The third-order valence-corrected chi connectivity index (χ3v) is 7.06. The van der Waals surface area contributed by atoms with E-state index in [2.05, 4.69) is 0 Å². The molecule has 0 saturated carbocycles. The van der Waals surface area contributed by atoms with Crippen molar-refractivity contribution in [1.29, 1.82) is 0 Å². The van der Waals surface area contributed by atoms with Crippen LogP contribution in [0.3, 0.4) is 0 Å². The number of nitrogens with zero attached hydrogens (tertiary/aromatic N) is 2. The predicted octanol–water partition coefficient (Wildman–Crippen LogP) is 1.16. The van der Waals surface area contributed by atoms with Gasteiger partial charge in [0.15, 0.2) is 9.74 Å². The first kappa shape index (κ1) is 15.7. The summed E-state index contributed by atoms with van der Waals surface area (Å²) in [5, 5.41) is 9.86. The molecule has 1 saturated heterocycles. The van der Waals surface area contributed by atoms with E-state index in [1.807, 2.05) is 30.5 Å². The van der Waals surface area contributed by atoms with Gasteiger partial charge >= 0.3 is 0 Å². The van der Waals surface area contributed by atoms with Gasteiger partial charge in [-0.1, -0.05) is 18.2 Å². The Morgan fingerprint density at radius 2 is 1.86 bits per heavy atom. The molecular weight excluding hydrogens is 320 g/mol. The Bertz CT molecular complexity index is 647. The van der Waals surface area contributed by atoms with Crippen LogP contribution in [0.5, 0.6) is 0 Å². The summed E-state index contributed by atoms with van der Waals surface area (Å²) in [4.78, 5) is 27.1. The Labute approximate surface area is 138 Å². The van der Waals surface area contributed by atoms with E-state index in [1.165, 1.54) is 28.4 Å². The minimum Gasteiger partial charge on any atom is -0.392 e. The molecule has 0 bridgehead atoms. The topological polar surface area (TPSA) is 60.9 Å². The van der Waals surface area contributed by atoms with Crippen LogP contribution < -0.4 is 4.90 Å². The maximum absolute atomic E-state index is 13.2. The summed E-state index contributed by atoms with van der Waals surface area (Å²) in [6.07, 6.45) is 4.09. The lowest BCUT2D eigenvalue weighted by molar-refractivity contribution is -0.149. The summed E-state index contributed by atoms with van der Waals surface area (Å²) < 4.78 is 0. The number of rotatable bonds is 3. The summed E-state index contributed by atoms with van der Waals surface area (Å²) in [6.45, 7) is -0.404. The molecule has 1 N–H and O–H groups in total. The van der Waals surface area contributed by atoms with E-state index < -0.39 is 16.3 Å². The lowest BCUT2D eigenvalue weighted by Gasteiger charge is -2.52. The molecule has 0 aromatic heterocycles. The monoisotopic (exact) mass is 338 g/mol. The maximum atomic E-state index is 13.2. The van der Waals surface area contributed by atoms with Crippen molar-refractivity contribution in [3.05, 3.63) is 29.8 Å². The molecular formula is C15H18N2O3S2. The molecule has 0 spiro atoms. The van der Waals surface area contributed by atoms with E-state index in [0.29, 0.717) is 6.42 Å². The zero-order valence-corrected chi connectivity index (χ0v) is 14.3. The van der Waals surface area contributed by atoms with E-state index in [0.717, 1.165) is 11.3 Å². The van der Waals surface area contributed by atoms with Crippen molar-refractivity contribution in [2.75, 3.05) is 31.1 Å². The molecule has 0 aliphatic carbocycles. The van der Waals surface area contributed by atoms with Crippen LogP contribution in [0, 0.1) is 0 Å². The standard InChI is InChI=1S/C15H18N2O3S2/c1-16-12(19)14(21-2)8-10-6-4-5-7-11(10)17(14)13(20)15(16,9-18)22-3/h4-7,18H,8-9H2,1-3H3/t14-,15-/m1/s1. The fourth-order valence-electron chi connectivity index (χ4n) is 3.31. The lowest BCUT2D eigenvalue weighted by Crippen LogP contribution is -2.74. The van der Waals surface area contributed by atoms with E-state index in [9.17, 15) is 14.7 Å². The van der Waals surface area contributed by atoms with E-state index in [4.69, 9.17) is 0 Å². The van der Waals surface area contributed by atoms with Crippen LogP contribution in [0.2, 0.25) is 0 Å². The number of benzene rings is 1. The highest BCUT2D eigenvalue weighted by molar-refractivity contribution is 8.01. The van der Waals surface area contributed by atoms with Crippen molar-refractivity contribution in [2.24, 2.45) is 0 Å². The summed E-state index contributed by atoms with van der Waals surface area (Å²) in [6, 6.07) is 7.60. The molecule has 118 valence electrons. The van der Waals surface area contributed by atoms with Gasteiger partial charge in [0.2, 0.25) is 0 Å². The van der Waals surface area contributed by atoms with Crippen molar-refractivity contribution in [3.8, 4) is 0 Å². The second-order valence-electron chi connectivity index (χ2n) is 5.45. The lowest BCUT2D eigenvalue weighted by atomic mass is 10.0. The summed E-state index contributed by atoms with van der Waals surface area (Å²) in [5.74, 6) is -0.372. The highest BCUT2D eigenvalue weighted by atomic mass is 32.2. The van der Waals surface area contributed by atoms with Gasteiger partial charge < -0.3 is 10.0 Å². The van der Waals surface area contributed by atoms with Gasteiger partial charge in [-0.05, 0) is 24.1 Å². The number of hydrogen-bond acceptors (Lipinski definition) is 5. The van der Waals surface area contributed by atoms with Gasteiger partial charge in [-0.15, -0.1) is 23.5 Å². The van der Waals surface area contributed by atoms with Crippen LogP contribution in [-0.4, -0.2) is 57.7 Å². The van der Waals surface area contributed by atoms with Crippen LogP contribution in [-0.2, 0) is 16.0 Å². The van der Waals surface area contributed by atoms with Crippen LogP contribution in [0.15, 0.2) is 24.3 Å². The van der Waals surface area contributed by atoms with Crippen LogP contribution in [0.25, 0.3) is 0 Å². The van der Waals surface area contributed by atoms with E-state index >= 15 is 0 Å². The number of aliphatic hydroxyl groups is 1. The maximum Gasteiger partial charge on any atom is 0.267 e. The third kappa shape index (κ3) is 1.67. The van der Waals surface area contributed by atoms with Crippen molar-refractivity contribution in [2.45, 2.75) is 16.2 Å². The summed E-state index contributed by atoms with van der Waals surface area (Å²) >= 11 is 2.58. The Hall–Kier alpha value is -1.18. The number of thioether (sulfide) groups is 2. The minimum atomic E-state index is -1.26. The second kappa shape index (κ2) is 5.18. The molecule has 5 nitrogen and oxygen atoms in total. The summed E-state index contributed by atoms with van der Waals surface area (Å²) in [5.41, 5.74) is 1.76. The number of para-hydroxylation sites is 1. The highest BCUT2D eigenvalue weighted by Gasteiger charge is 2.64. The van der Waals surface area contributed by atoms with Crippen LogP contribution in [0.4, 0.5) is 5.69 Å². The van der Waals surface area contributed by atoms with Crippen molar-refractivity contribution in [3.63, 3.8) is 0 Å². The molecule has 0 unspecified atom stereocenters. The molecule has 1 fully saturated rings. The zero-order chi connectivity index (χ0) is 16.1. The number of hydrogen-bond donors (Lipinski definition) is 1. The number of carbonyl (C=O) groups excluding carboxylic acids is 2. The molecule has 7 heteroatoms. The van der Waals surface area contributed by atoms with Crippen LogP contribution >= 0.6 is 23.5 Å². The first-order valence-corrected chi connectivity index (χ1v) is 9.35. The SMILES string of the molecule is CS[C@]1(CO)C(=O)N2c3ccccc3C[C@@]2(SC)C(=O)N1C. The Morgan fingerprint density at radius 1 is 1.18 bits per heavy atom. The molecule has 3 rings (SSSR count). The largest absolute Gasteiger partial charge is 0.392 e. The molecule has 0 radical (unpaired) electrons. The van der Waals surface area contributed by atoms with Crippen LogP contribution in [0.1, 0.15) is 5.56 Å². The fourth-order valence-corrected chi connectivity index (χ4v) is 5.04. The Kier molecular flexibility index (Phi) is 3.70. The van der Waals surface area contributed by atoms with Gasteiger partial charge in [0, 0.05) is 19.2 Å². The van der Waals surface area contributed by atoms with Gasteiger partial charge in [0.25, 0.3) is 11.8 Å². The molecule has 1 aromatic rings. The van der Waals surface area contributed by atoms with Crippen molar-refractivity contribution < 1.29 is 14.7 Å². The molecule has 1 aromatic carbocycles. The number of piperazine rings is 1. The number of likely N-dealkylation sites (N-methyl/N-ethyl adjacent to an activating group) is 1. The average molecular weight is 338 g/mol. The summed E-state index contributed by atoms with van der Waals surface area (Å²) in [7, 11) is 1.60. The van der Waals surface area contributed by atoms with Gasteiger partial charge in [-0.25, -0.2) is 0 Å². The molecule has 2 amide bonds. The minimum absolute atomic E-state index is 0.140. The van der Waals surface area contributed by atoms with Gasteiger partial charge in [0.05, 0.1) is 6.61 Å².